The van der Waals surface area contributed by atoms with Crippen molar-refractivity contribution in [2.24, 2.45) is 5.92 Å². The number of allylic oxidation sites excluding steroid dienone is 1. The molecule has 0 saturated heterocycles. The van der Waals surface area contributed by atoms with Crippen LogP contribution in [0.1, 0.15) is 19.2 Å². The topological polar surface area (TPSA) is 100 Å². The molecule has 0 fully saturated rings. The maximum Gasteiger partial charge on any atom is 0.348 e. The molecule has 1 aromatic carbocycles. The summed E-state index contributed by atoms with van der Waals surface area (Å²) in [5, 5.41) is 26.7. The largest absolute Gasteiger partial charge is 0.507 e. The van der Waals surface area contributed by atoms with E-state index in [1.54, 1.807) is 37.5 Å². The average Bonchev–Trinajstić information content (AvgIpc) is 2.96. The van der Waals surface area contributed by atoms with Crippen LogP contribution in [-0.2, 0) is 0 Å². The molecule has 0 bridgehead atoms. The Balaban J connectivity index is 2.14. The number of aromatic nitrogens is 3. The average molecular weight is 329 g/mol. The molecule has 24 heavy (non-hydrogen) atoms. The van der Waals surface area contributed by atoms with Gasteiger partial charge in [0.1, 0.15) is 11.5 Å². The molecular formula is C17H19N3O4. The van der Waals surface area contributed by atoms with Crippen molar-refractivity contribution in [3.05, 3.63) is 58.5 Å². The molecule has 2 atom stereocenters. The van der Waals surface area contributed by atoms with Gasteiger partial charge in [0.2, 0.25) is 0 Å². The number of aromatic amines is 1. The van der Waals surface area contributed by atoms with Crippen LogP contribution in [0.15, 0.2) is 47.0 Å². The van der Waals surface area contributed by atoms with Gasteiger partial charge < -0.3 is 14.9 Å². The fraction of sp³-hybridized carbons (Fsp3) is 0.294. The second-order valence-corrected chi connectivity index (χ2v) is 5.58. The highest BCUT2D eigenvalue weighted by Gasteiger charge is 2.26. The van der Waals surface area contributed by atoms with Crippen molar-refractivity contribution in [2.45, 2.75) is 19.4 Å². The number of hydrogen-bond acceptors (Lipinski definition) is 5. The fourth-order valence-electron chi connectivity index (χ4n) is 2.79. The molecule has 0 aliphatic heterocycles. The van der Waals surface area contributed by atoms with E-state index >= 15 is 0 Å². The maximum atomic E-state index is 12.2. The molecule has 1 heterocycles. The summed E-state index contributed by atoms with van der Waals surface area (Å²) >= 11 is 0. The summed E-state index contributed by atoms with van der Waals surface area (Å²) < 4.78 is 6.56. The van der Waals surface area contributed by atoms with Crippen LogP contribution in [0.5, 0.6) is 5.75 Å². The van der Waals surface area contributed by atoms with Crippen molar-refractivity contribution >= 4 is 5.57 Å². The van der Waals surface area contributed by atoms with Gasteiger partial charge >= 0.3 is 5.69 Å². The van der Waals surface area contributed by atoms with Crippen molar-refractivity contribution < 1.29 is 14.9 Å². The molecule has 1 aliphatic rings. The van der Waals surface area contributed by atoms with E-state index < -0.39 is 11.8 Å². The number of ether oxygens (including phenoxy) is 1. The minimum atomic E-state index is -0.755. The predicted octanol–water partition coefficient (Wildman–Crippen LogP) is 1.80. The highest BCUT2D eigenvalue weighted by molar-refractivity contribution is 5.75. The first kappa shape index (κ1) is 16.1. The summed E-state index contributed by atoms with van der Waals surface area (Å²) in [5.74, 6) is 0.634. The van der Waals surface area contributed by atoms with Gasteiger partial charge in [-0.1, -0.05) is 19.1 Å². The Kier molecular flexibility index (Phi) is 4.26. The second kappa shape index (κ2) is 6.37. The van der Waals surface area contributed by atoms with Crippen LogP contribution in [0.4, 0.5) is 0 Å². The number of nitrogens with zero attached hydrogens (tertiary/aromatic N) is 2. The molecule has 0 radical (unpaired) electrons. The number of aliphatic hydroxyl groups is 2. The Morgan fingerprint density at radius 2 is 2.17 bits per heavy atom. The van der Waals surface area contributed by atoms with Gasteiger partial charge in [0.25, 0.3) is 0 Å². The summed E-state index contributed by atoms with van der Waals surface area (Å²) in [5.41, 5.74) is 0.551. The first-order chi connectivity index (χ1) is 11.5. The van der Waals surface area contributed by atoms with Crippen molar-refractivity contribution in [3.8, 4) is 11.4 Å². The Labute approximate surface area is 138 Å². The second-order valence-electron chi connectivity index (χ2n) is 5.58. The molecular weight excluding hydrogens is 310 g/mol. The summed E-state index contributed by atoms with van der Waals surface area (Å²) in [6, 6.07) is 6.99. The Hall–Kier alpha value is -2.80. The van der Waals surface area contributed by atoms with Gasteiger partial charge in [0, 0.05) is 12.0 Å². The van der Waals surface area contributed by atoms with Crippen LogP contribution in [0.2, 0.25) is 0 Å². The van der Waals surface area contributed by atoms with Crippen molar-refractivity contribution in [1.29, 1.82) is 0 Å². The standard InChI is InChI=1S/C17H19N3O4/c1-3-10-7-13(15(22)9-14(10)21)16-18-19-17(23)20(16)11-5-4-6-12(8-11)24-2/h4-10,14,21-22H,3H2,1-2H3,(H,19,23). The SMILES string of the molecule is CCC1C=C(c2n[nH]c(=O)n2-c2cccc(OC)c2)C(O)=CC1O. The zero-order valence-electron chi connectivity index (χ0n) is 13.4. The third-order valence-electron chi connectivity index (χ3n) is 4.12. The zero-order chi connectivity index (χ0) is 17.3. The van der Waals surface area contributed by atoms with Crippen molar-refractivity contribution in [3.63, 3.8) is 0 Å². The van der Waals surface area contributed by atoms with E-state index in [0.29, 0.717) is 23.4 Å². The number of H-pyrrole nitrogens is 1. The third-order valence-corrected chi connectivity index (χ3v) is 4.12. The van der Waals surface area contributed by atoms with Crippen molar-refractivity contribution in [1.82, 2.24) is 14.8 Å². The first-order valence-corrected chi connectivity index (χ1v) is 7.68. The van der Waals surface area contributed by atoms with Crippen LogP contribution in [0, 0.1) is 5.92 Å². The number of aliphatic hydroxyl groups excluding tert-OH is 2. The lowest BCUT2D eigenvalue weighted by Gasteiger charge is -2.22. The highest BCUT2D eigenvalue weighted by Crippen LogP contribution is 2.30. The van der Waals surface area contributed by atoms with Gasteiger partial charge in [-0.15, -0.1) is 0 Å². The van der Waals surface area contributed by atoms with Crippen LogP contribution in [0.25, 0.3) is 11.3 Å². The Morgan fingerprint density at radius 1 is 1.38 bits per heavy atom. The lowest BCUT2D eigenvalue weighted by molar-refractivity contribution is 0.167. The molecule has 7 heteroatoms. The number of methoxy groups -OCH3 is 1. The number of hydrogen-bond donors (Lipinski definition) is 3. The lowest BCUT2D eigenvalue weighted by atomic mass is 9.90. The van der Waals surface area contributed by atoms with Gasteiger partial charge in [-0.25, -0.2) is 14.5 Å². The summed E-state index contributed by atoms with van der Waals surface area (Å²) in [4.78, 5) is 12.2. The Morgan fingerprint density at radius 3 is 2.88 bits per heavy atom. The molecule has 1 aliphatic carbocycles. The van der Waals surface area contributed by atoms with Crippen LogP contribution >= 0.6 is 0 Å². The number of benzene rings is 1. The van der Waals surface area contributed by atoms with Crippen molar-refractivity contribution in [2.75, 3.05) is 7.11 Å². The summed E-state index contributed by atoms with van der Waals surface area (Å²) in [6.07, 6.45) is 3.06. The normalized spacial score (nSPS) is 20.5. The van der Waals surface area contributed by atoms with E-state index in [9.17, 15) is 15.0 Å². The molecule has 1 aromatic heterocycles. The number of nitrogens with one attached hydrogen (secondary N) is 1. The van der Waals surface area contributed by atoms with Gasteiger partial charge in [-0.05, 0) is 24.6 Å². The van der Waals surface area contributed by atoms with Gasteiger partial charge in [0.05, 0.1) is 24.5 Å². The van der Waals surface area contributed by atoms with Gasteiger partial charge in [-0.2, -0.15) is 5.10 Å². The molecule has 3 rings (SSSR count). The number of rotatable bonds is 4. The quantitative estimate of drug-likeness (QED) is 0.794. The Bertz CT molecular complexity index is 863. The van der Waals surface area contributed by atoms with Crippen LogP contribution in [0.3, 0.4) is 0 Å². The summed E-state index contributed by atoms with van der Waals surface area (Å²) in [6.45, 7) is 1.94. The van der Waals surface area contributed by atoms with Crippen LogP contribution in [-0.4, -0.2) is 38.2 Å². The predicted molar refractivity (Wildman–Crippen MR) is 89.2 cm³/mol. The zero-order valence-corrected chi connectivity index (χ0v) is 13.4. The van der Waals surface area contributed by atoms with E-state index in [0.717, 1.165) is 0 Å². The summed E-state index contributed by atoms with van der Waals surface area (Å²) in [7, 11) is 1.55. The molecule has 0 spiro atoms. The molecule has 0 saturated carbocycles. The molecule has 2 unspecified atom stereocenters. The smallest absolute Gasteiger partial charge is 0.348 e. The minimum Gasteiger partial charge on any atom is -0.507 e. The molecule has 126 valence electrons. The van der Waals surface area contributed by atoms with E-state index in [1.807, 2.05) is 6.92 Å². The monoisotopic (exact) mass is 329 g/mol. The molecule has 7 nitrogen and oxygen atoms in total. The van der Waals surface area contributed by atoms with Crippen LogP contribution < -0.4 is 10.4 Å². The third kappa shape index (κ3) is 2.74. The van der Waals surface area contributed by atoms with Gasteiger partial charge in [0.15, 0.2) is 5.82 Å². The lowest BCUT2D eigenvalue weighted by Crippen LogP contribution is -2.22. The van der Waals surface area contributed by atoms with E-state index in [4.69, 9.17) is 4.74 Å². The molecule has 2 aromatic rings. The minimum absolute atomic E-state index is 0.102. The fourth-order valence-corrected chi connectivity index (χ4v) is 2.79. The van der Waals surface area contributed by atoms with E-state index in [1.165, 1.54) is 10.6 Å². The van der Waals surface area contributed by atoms with E-state index in [2.05, 4.69) is 10.2 Å². The maximum absolute atomic E-state index is 12.2. The van der Waals surface area contributed by atoms with E-state index in [-0.39, 0.29) is 17.5 Å². The molecule has 0 amide bonds. The molecule has 3 N–H and O–H groups in total. The van der Waals surface area contributed by atoms with Gasteiger partial charge in [-0.3, -0.25) is 0 Å². The first-order valence-electron chi connectivity index (χ1n) is 7.68. The highest BCUT2D eigenvalue weighted by atomic mass is 16.5.